The highest BCUT2D eigenvalue weighted by Crippen LogP contribution is 2.20. The van der Waals surface area contributed by atoms with Gasteiger partial charge >= 0.3 is 0 Å². The first-order valence-electron chi connectivity index (χ1n) is 7.75. The van der Waals surface area contributed by atoms with E-state index in [1.165, 1.54) is 0 Å². The van der Waals surface area contributed by atoms with Crippen molar-refractivity contribution in [3.63, 3.8) is 0 Å². The van der Waals surface area contributed by atoms with E-state index in [1.54, 1.807) is 22.9 Å². The monoisotopic (exact) mass is 377 g/mol. The highest BCUT2D eigenvalue weighted by atomic mass is 35.5. The summed E-state index contributed by atoms with van der Waals surface area (Å²) < 4.78 is 7.38. The van der Waals surface area contributed by atoms with Crippen molar-refractivity contribution in [2.24, 2.45) is 0 Å². The van der Waals surface area contributed by atoms with Crippen LogP contribution in [0.3, 0.4) is 0 Å². The molecule has 130 valence electrons. The summed E-state index contributed by atoms with van der Waals surface area (Å²) in [6.07, 6.45) is 0. The Bertz CT molecular complexity index is 915. The van der Waals surface area contributed by atoms with Gasteiger partial charge in [0.05, 0.1) is 23.0 Å². The number of amides is 1. The number of aromatic nitrogens is 2. The molecule has 1 amide bonds. The lowest BCUT2D eigenvalue weighted by Crippen LogP contribution is -2.22. The maximum atomic E-state index is 12.2. The second kappa shape index (κ2) is 7.33. The van der Waals surface area contributed by atoms with Crippen molar-refractivity contribution in [1.29, 1.82) is 0 Å². The third-order valence-electron chi connectivity index (χ3n) is 3.88. The first-order valence-corrected chi connectivity index (χ1v) is 8.51. The molecule has 3 rings (SSSR count). The zero-order chi connectivity index (χ0) is 18.0. The molecule has 7 heteroatoms. The van der Waals surface area contributed by atoms with Gasteiger partial charge in [0.1, 0.15) is 5.76 Å². The largest absolute Gasteiger partial charge is 0.454 e. The second-order valence-electron chi connectivity index (χ2n) is 5.68. The molecule has 0 radical (unpaired) electrons. The van der Waals surface area contributed by atoms with Crippen molar-refractivity contribution in [3.05, 3.63) is 74.9 Å². The fraction of sp³-hybridized carbons (Fsp3) is 0.222. The van der Waals surface area contributed by atoms with Gasteiger partial charge in [0.25, 0.3) is 5.91 Å². The first kappa shape index (κ1) is 17.6. The average Bonchev–Trinajstić information content (AvgIpc) is 3.15. The fourth-order valence-electron chi connectivity index (χ4n) is 2.47. The summed E-state index contributed by atoms with van der Waals surface area (Å²) in [5.41, 5.74) is 2.48. The van der Waals surface area contributed by atoms with Gasteiger partial charge in [-0.25, -0.2) is 0 Å². The second-order valence-corrected chi connectivity index (χ2v) is 6.47. The van der Waals surface area contributed by atoms with E-state index in [2.05, 4.69) is 10.4 Å². The molecule has 0 spiro atoms. The normalized spacial score (nSPS) is 10.9. The minimum absolute atomic E-state index is 0.245. The van der Waals surface area contributed by atoms with E-state index in [4.69, 9.17) is 27.6 Å². The smallest absolute Gasteiger partial charge is 0.287 e. The number of nitrogens with one attached hydrogen (secondary N) is 1. The fourth-order valence-corrected chi connectivity index (χ4v) is 2.80. The molecule has 0 unspecified atom stereocenters. The Morgan fingerprint density at radius 1 is 1.20 bits per heavy atom. The van der Waals surface area contributed by atoms with Gasteiger partial charge in [-0.1, -0.05) is 41.4 Å². The maximum absolute atomic E-state index is 12.2. The van der Waals surface area contributed by atoms with Crippen molar-refractivity contribution in [1.82, 2.24) is 15.1 Å². The van der Waals surface area contributed by atoms with Gasteiger partial charge < -0.3 is 9.73 Å². The molecule has 2 heterocycles. The maximum Gasteiger partial charge on any atom is 0.287 e. The molecule has 1 N–H and O–H groups in total. The molecule has 0 saturated carbocycles. The molecule has 0 aliphatic rings. The van der Waals surface area contributed by atoms with Crippen LogP contribution in [0.25, 0.3) is 0 Å². The molecule has 0 saturated heterocycles. The molecule has 2 aromatic heterocycles. The lowest BCUT2D eigenvalue weighted by molar-refractivity contribution is 0.0921. The highest BCUT2D eigenvalue weighted by Gasteiger charge is 2.14. The molecule has 3 aromatic rings. The van der Waals surface area contributed by atoms with Crippen LogP contribution in [0.4, 0.5) is 0 Å². The molecule has 1 aromatic carbocycles. The predicted octanol–water partition coefficient (Wildman–Crippen LogP) is 4.38. The summed E-state index contributed by atoms with van der Waals surface area (Å²) in [4.78, 5) is 12.2. The average molecular weight is 378 g/mol. The van der Waals surface area contributed by atoms with E-state index in [0.29, 0.717) is 28.9 Å². The summed E-state index contributed by atoms with van der Waals surface area (Å²) in [5, 5.41) is 8.41. The zero-order valence-electron chi connectivity index (χ0n) is 13.8. The van der Waals surface area contributed by atoms with Gasteiger partial charge in [0.2, 0.25) is 0 Å². The summed E-state index contributed by atoms with van der Waals surface area (Å²) in [6.45, 7) is 4.49. The van der Waals surface area contributed by atoms with E-state index in [-0.39, 0.29) is 11.7 Å². The van der Waals surface area contributed by atoms with Gasteiger partial charge in [-0.15, -0.1) is 0 Å². The highest BCUT2D eigenvalue weighted by molar-refractivity contribution is 6.32. The number of benzene rings is 1. The molecule has 0 atom stereocenters. The van der Waals surface area contributed by atoms with Crippen LogP contribution in [0.1, 0.15) is 33.3 Å². The Balaban J connectivity index is 1.65. The lowest BCUT2D eigenvalue weighted by atomic mass is 10.2. The summed E-state index contributed by atoms with van der Waals surface area (Å²) in [6, 6.07) is 10.8. The predicted molar refractivity (Wildman–Crippen MR) is 97.1 cm³/mol. The minimum Gasteiger partial charge on any atom is -0.454 e. The summed E-state index contributed by atoms with van der Waals surface area (Å²) in [7, 11) is 0. The number of hydrogen-bond acceptors (Lipinski definition) is 3. The molecule has 0 aliphatic carbocycles. The number of nitrogens with zero attached hydrogens (tertiary/aromatic N) is 2. The number of carbonyl (C=O) groups is 1. The van der Waals surface area contributed by atoms with Crippen LogP contribution in [0.5, 0.6) is 0 Å². The SMILES string of the molecule is Cc1nn(Cc2ccc(C(=O)NCc3ccccc3Cl)o2)c(C)c1Cl. The van der Waals surface area contributed by atoms with E-state index in [0.717, 1.165) is 17.0 Å². The number of furan rings is 1. The Morgan fingerprint density at radius 2 is 1.96 bits per heavy atom. The van der Waals surface area contributed by atoms with Crippen LogP contribution in [0, 0.1) is 13.8 Å². The number of aryl methyl sites for hydroxylation is 1. The van der Waals surface area contributed by atoms with Gasteiger partial charge in [0, 0.05) is 11.6 Å². The first-order chi connectivity index (χ1) is 12.0. The van der Waals surface area contributed by atoms with E-state index < -0.39 is 0 Å². The Kier molecular flexibility index (Phi) is 5.16. The molecule has 25 heavy (non-hydrogen) atoms. The third kappa shape index (κ3) is 3.89. The Labute approximate surface area is 155 Å². The van der Waals surface area contributed by atoms with Crippen molar-refractivity contribution in [2.75, 3.05) is 0 Å². The van der Waals surface area contributed by atoms with Crippen LogP contribution in [0.15, 0.2) is 40.8 Å². The van der Waals surface area contributed by atoms with Crippen LogP contribution in [-0.4, -0.2) is 15.7 Å². The summed E-state index contributed by atoms with van der Waals surface area (Å²) >= 11 is 12.2. The minimum atomic E-state index is -0.294. The van der Waals surface area contributed by atoms with Crippen LogP contribution in [-0.2, 0) is 13.1 Å². The van der Waals surface area contributed by atoms with E-state index >= 15 is 0 Å². The quantitative estimate of drug-likeness (QED) is 0.717. The topological polar surface area (TPSA) is 60.1 Å². The van der Waals surface area contributed by atoms with Crippen molar-refractivity contribution >= 4 is 29.1 Å². The number of hydrogen-bond donors (Lipinski definition) is 1. The number of rotatable bonds is 5. The van der Waals surface area contributed by atoms with Crippen LogP contribution < -0.4 is 5.32 Å². The molecular formula is C18H17Cl2N3O2. The van der Waals surface area contributed by atoms with Crippen molar-refractivity contribution < 1.29 is 9.21 Å². The molecule has 0 bridgehead atoms. The number of carbonyl (C=O) groups excluding carboxylic acids is 1. The van der Waals surface area contributed by atoms with Crippen LogP contribution >= 0.6 is 23.2 Å². The molecular weight excluding hydrogens is 361 g/mol. The molecule has 0 fully saturated rings. The van der Waals surface area contributed by atoms with Gasteiger partial charge in [-0.3, -0.25) is 9.48 Å². The Hall–Kier alpha value is -2.24. The van der Waals surface area contributed by atoms with E-state index in [9.17, 15) is 4.79 Å². The Morgan fingerprint density at radius 3 is 2.64 bits per heavy atom. The van der Waals surface area contributed by atoms with Gasteiger partial charge in [-0.2, -0.15) is 5.10 Å². The van der Waals surface area contributed by atoms with Crippen LogP contribution in [0.2, 0.25) is 10.0 Å². The van der Waals surface area contributed by atoms with Gasteiger partial charge in [-0.05, 0) is 37.6 Å². The molecule has 0 aliphatic heterocycles. The van der Waals surface area contributed by atoms with E-state index in [1.807, 2.05) is 32.0 Å². The lowest BCUT2D eigenvalue weighted by Gasteiger charge is -2.05. The van der Waals surface area contributed by atoms with Crippen molar-refractivity contribution in [3.8, 4) is 0 Å². The molecule has 5 nitrogen and oxygen atoms in total. The summed E-state index contributed by atoms with van der Waals surface area (Å²) in [5.74, 6) is 0.581. The van der Waals surface area contributed by atoms with Gasteiger partial charge in [0.15, 0.2) is 5.76 Å². The zero-order valence-corrected chi connectivity index (χ0v) is 15.4. The standard InChI is InChI=1S/C18H17Cl2N3O2/c1-11-17(20)12(2)23(22-11)10-14-7-8-16(25-14)18(24)21-9-13-5-3-4-6-15(13)19/h3-8H,9-10H2,1-2H3,(H,21,24). The number of halogens is 2. The third-order valence-corrected chi connectivity index (χ3v) is 4.80. The van der Waals surface area contributed by atoms with Crippen molar-refractivity contribution in [2.45, 2.75) is 26.9 Å².